The molecule has 0 bridgehead atoms. The number of H-pyrrole nitrogens is 3. The van der Waals surface area contributed by atoms with Crippen LogP contribution in [0.15, 0.2) is 68.0 Å². The number of nitro groups is 1. The fourth-order valence-corrected chi connectivity index (χ4v) is 6.52. The number of aromatic amines is 3. The highest BCUT2D eigenvalue weighted by atomic mass is 79.9. The molecule has 15 heteroatoms. The number of nitrogens with two attached hydrogens (primary N) is 2. The smallest absolute Gasteiger partial charge is 0.320 e. The lowest BCUT2D eigenvalue weighted by Gasteiger charge is -2.06. The minimum absolute atomic E-state index is 0.0314. The summed E-state index contributed by atoms with van der Waals surface area (Å²) in [5.41, 5.74) is 18.2. The van der Waals surface area contributed by atoms with E-state index < -0.39 is 28.9 Å². The maximum absolute atomic E-state index is 11.2. The number of nitro benzene ring substituents is 1. The van der Waals surface area contributed by atoms with E-state index in [0.29, 0.717) is 33.1 Å². The van der Waals surface area contributed by atoms with Gasteiger partial charge in [-0.3, -0.25) is 19.7 Å². The molecular weight excluding hydrogens is 816 g/mol. The minimum atomic E-state index is -1.14. The molecule has 48 heavy (non-hydrogen) atoms. The zero-order valence-corrected chi connectivity index (χ0v) is 30.8. The van der Waals surface area contributed by atoms with Crippen LogP contribution in [0.4, 0.5) is 5.69 Å². The molecule has 9 N–H and O–H groups in total. The number of benzene rings is 3. The zero-order chi connectivity index (χ0) is 35.4. The van der Waals surface area contributed by atoms with E-state index in [2.05, 4.69) is 93.9 Å². The predicted molar refractivity (Wildman–Crippen MR) is 197 cm³/mol. The number of carboxylic acid groups (broad SMARTS) is 2. The second kappa shape index (κ2) is 15.5. The Balaban J connectivity index is 0.000000169. The molecule has 0 amide bonds. The van der Waals surface area contributed by atoms with Crippen LogP contribution in [0.3, 0.4) is 0 Å². The number of aliphatic carboxylic acids is 2. The number of hydrogen-bond acceptors (Lipinski definition) is 6. The number of hydrogen-bond donors (Lipinski definition) is 7. The van der Waals surface area contributed by atoms with Crippen molar-refractivity contribution in [1.82, 2.24) is 15.0 Å². The van der Waals surface area contributed by atoms with E-state index in [1.165, 1.54) is 22.7 Å². The Morgan fingerprint density at radius 1 is 0.750 bits per heavy atom. The number of rotatable bonds is 7. The van der Waals surface area contributed by atoms with Gasteiger partial charge in [0.25, 0.3) is 5.69 Å². The van der Waals surface area contributed by atoms with E-state index >= 15 is 0 Å². The molecule has 3 heterocycles. The van der Waals surface area contributed by atoms with Gasteiger partial charge in [0.15, 0.2) is 0 Å². The fourth-order valence-electron chi connectivity index (χ4n) is 5.36. The quantitative estimate of drug-likeness (QED) is 0.0628. The van der Waals surface area contributed by atoms with E-state index in [4.69, 9.17) is 21.7 Å². The number of halogens is 3. The van der Waals surface area contributed by atoms with E-state index in [9.17, 15) is 19.7 Å². The number of carbonyl (C=O) groups is 2. The Bertz CT molecular complexity index is 2150. The van der Waals surface area contributed by atoms with Crippen molar-refractivity contribution in [1.29, 1.82) is 0 Å². The lowest BCUT2D eigenvalue weighted by Crippen LogP contribution is -2.32. The van der Waals surface area contributed by atoms with Gasteiger partial charge in [0.2, 0.25) is 0 Å². The van der Waals surface area contributed by atoms with E-state index in [1.54, 1.807) is 13.0 Å². The summed E-state index contributed by atoms with van der Waals surface area (Å²) >= 11 is 10.0. The Kier molecular flexibility index (Phi) is 11.9. The van der Waals surface area contributed by atoms with Crippen LogP contribution in [0.2, 0.25) is 0 Å². The number of carboxylic acids is 2. The molecule has 3 aromatic carbocycles. The van der Waals surface area contributed by atoms with Crippen molar-refractivity contribution in [3.8, 4) is 0 Å². The molecular formula is C33H33Br3N6O6. The van der Waals surface area contributed by atoms with Crippen LogP contribution in [0, 0.1) is 30.9 Å². The highest BCUT2D eigenvalue weighted by Gasteiger charge is 2.24. The molecule has 0 radical (unpaired) electrons. The topological polar surface area (TPSA) is 217 Å². The largest absolute Gasteiger partial charge is 0.480 e. The van der Waals surface area contributed by atoms with Crippen LogP contribution in [0.25, 0.3) is 32.7 Å². The summed E-state index contributed by atoms with van der Waals surface area (Å²) in [6.45, 7) is 5.73. The molecule has 6 aromatic rings. The van der Waals surface area contributed by atoms with E-state index in [0.717, 1.165) is 31.1 Å². The van der Waals surface area contributed by atoms with Crippen molar-refractivity contribution in [2.75, 3.05) is 0 Å². The number of fused-ring (bicyclic) bond motifs is 3. The number of aromatic nitrogens is 3. The SMILES string of the molecule is Cc1[nH]c2cc(Br)cc([N+](=O)[O-])c2c1CC(N)C(=O)O.Cc1[nH]c2cc(Br)ccc2c1CC(N)C(=O)O.Cc1cc2ccc(Br)cc2[nH]1. The zero-order valence-electron chi connectivity index (χ0n) is 26.0. The summed E-state index contributed by atoms with van der Waals surface area (Å²) in [6.07, 6.45) is 0.367. The maximum Gasteiger partial charge on any atom is 0.320 e. The van der Waals surface area contributed by atoms with Crippen molar-refractivity contribution in [3.05, 3.63) is 106 Å². The molecule has 0 saturated carbocycles. The van der Waals surface area contributed by atoms with Gasteiger partial charge < -0.3 is 36.6 Å². The van der Waals surface area contributed by atoms with Crippen LogP contribution in [-0.2, 0) is 22.4 Å². The fraction of sp³-hybridized carbons (Fsp3) is 0.212. The highest BCUT2D eigenvalue weighted by molar-refractivity contribution is 9.11. The van der Waals surface area contributed by atoms with Gasteiger partial charge >= 0.3 is 11.9 Å². The molecule has 0 aliphatic heterocycles. The third kappa shape index (κ3) is 8.71. The molecule has 3 aromatic heterocycles. The molecule has 0 aliphatic carbocycles. The number of aryl methyl sites for hydroxylation is 3. The predicted octanol–water partition coefficient (Wildman–Crippen LogP) is 7.53. The van der Waals surface area contributed by atoms with Crippen LogP contribution in [-0.4, -0.2) is 54.1 Å². The van der Waals surface area contributed by atoms with Crippen molar-refractivity contribution in [3.63, 3.8) is 0 Å². The maximum atomic E-state index is 11.2. The van der Waals surface area contributed by atoms with Crippen molar-refractivity contribution in [2.45, 2.75) is 45.7 Å². The van der Waals surface area contributed by atoms with E-state index in [-0.39, 0.29) is 12.1 Å². The minimum Gasteiger partial charge on any atom is -0.480 e. The Morgan fingerprint density at radius 2 is 1.27 bits per heavy atom. The van der Waals surface area contributed by atoms with Crippen LogP contribution in [0.1, 0.15) is 28.2 Å². The molecule has 0 fully saturated rings. The second-order valence-electron chi connectivity index (χ2n) is 11.2. The molecule has 0 saturated heterocycles. The van der Waals surface area contributed by atoms with Gasteiger partial charge in [-0.25, -0.2) is 0 Å². The van der Waals surface area contributed by atoms with E-state index in [1.807, 2.05) is 25.1 Å². The van der Waals surface area contributed by atoms with Crippen molar-refractivity contribution in [2.24, 2.45) is 11.5 Å². The molecule has 252 valence electrons. The van der Waals surface area contributed by atoms with Crippen molar-refractivity contribution < 1.29 is 24.7 Å². The van der Waals surface area contributed by atoms with Crippen LogP contribution >= 0.6 is 47.8 Å². The third-order valence-corrected chi connectivity index (χ3v) is 9.08. The first kappa shape index (κ1) is 36.8. The summed E-state index contributed by atoms with van der Waals surface area (Å²) in [4.78, 5) is 41.9. The molecule has 12 nitrogen and oxygen atoms in total. The first-order valence-corrected chi connectivity index (χ1v) is 16.9. The normalized spacial score (nSPS) is 12.2. The molecule has 2 unspecified atom stereocenters. The second-order valence-corrected chi connectivity index (χ2v) is 14.0. The number of non-ortho nitro benzene ring substituents is 1. The lowest BCUT2D eigenvalue weighted by atomic mass is 10.0. The van der Waals surface area contributed by atoms with Crippen LogP contribution < -0.4 is 11.5 Å². The van der Waals surface area contributed by atoms with Gasteiger partial charge in [0.1, 0.15) is 12.1 Å². The Labute approximate surface area is 299 Å². The molecule has 6 rings (SSSR count). The summed E-state index contributed by atoms with van der Waals surface area (Å²) in [7, 11) is 0. The number of nitrogens with one attached hydrogen (secondary N) is 3. The summed E-state index contributed by atoms with van der Waals surface area (Å²) in [5, 5.41) is 31.6. The van der Waals surface area contributed by atoms with Crippen molar-refractivity contribution >= 4 is 98.1 Å². The third-order valence-electron chi connectivity index (χ3n) is 7.64. The molecule has 2 atom stereocenters. The average molecular weight is 849 g/mol. The van der Waals surface area contributed by atoms with Gasteiger partial charge in [0.05, 0.1) is 15.8 Å². The van der Waals surface area contributed by atoms with Gasteiger partial charge in [-0.15, -0.1) is 0 Å². The lowest BCUT2D eigenvalue weighted by molar-refractivity contribution is -0.383. The standard InChI is InChI=1S/C12H12BrN3O4.C12H13BrN2O2.C9H8BrN/c1-5-7(4-8(14)12(17)18)11-9(15-5)2-6(13)3-10(11)16(19)20;1-6-9(5-10(14)12(16)17)8-3-2-7(13)4-11(8)15-6;1-6-4-7-2-3-8(10)5-9(7)11-6/h2-3,8,15H,4,14H2,1H3,(H,17,18);2-4,10,15H,5,14H2,1H3,(H,16,17);2-5,11H,1H3. The van der Waals surface area contributed by atoms with Gasteiger partial charge in [-0.1, -0.05) is 59.9 Å². The Hall–Kier alpha value is -4.02. The first-order chi connectivity index (χ1) is 22.5. The molecule has 0 aliphatic rings. The summed E-state index contributed by atoms with van der Waals surface area (Å²) in [5.74, 6) is -2.12. The summed E-state index contributed by atoms with van der Waals surface area (Å²) in [6, 6.07) is 15.4. The summed E-state index contributed by atoms with van der Waals surface area (Å²) < 4.78 is 2.68. The Morgan fingerprint density at radius 3 is 1.88 bits per heavy atom. The van der Waals surface area contributed by atoms with Crippen LogP contribution in [0.5, 0.6) is 0 Å². The highest BCUT2D eigenvalue weighted by Crippen LogP contribution is 2.34. The van der Waals surface area contributed by atoms with Gasteiger partial charge in [0, 0.05) is 65.8 Å². The average Bonchev–Trinajstić information content (AvgIpc) is 3.63. The molecule has 0 spiro atoms. The number of nitrogens with zero attached hydrogens (tertiary/aromatic N) is 1. The van der Waals surface area contributed by atoms with Gasteiger partial charge in [-0.05, 0) is 73.7 Å². The monoisotopic (exact) mass is 846 g/mol. The van der Waals surface area contributed by atoms with Gasteiger partial charge in [-0.2, -0.15) is 0 Å². The first-order valence-electron chi connectivity index (χ1n) is 14.5.